The maximum Gasteiger partial charge on any atom is 0.326 e. The first-order valence-corrected chi connectivity index (χ1v) is 51.5. The number of carboxylic acids is 1. The van der Waals surface area contributed by atoms with Crippen LogP contribution in [0.5, 0.6) is 23.0 Å². The Morgan fingerprint density at radius 3 is 0.805 bits per heavy atom. The predicted molar refractivity (Wildman–Crippen MR) is 510 cm³/mol. The number of carboxylic acid groups (broad SMARTS) is 1. The molecule has 0 radical (unpaired) electrons. The van der Waals surface area contributed by atoms with Gasteiger partial charge >= 0.3 is 5.97 Å². The molecule has 0 fully saturated rings. The summed E-state index contributed by atoms with van der Waals surface area (Å²) in [6, 6.07) is -11.1. The number of thiol groups is 1. The minimum atomic E-state index is -4.47. The third kappa shape index (κ3) is 26.3. The van der Waals surface area contributed by atoms with Crippen molar-refractivity contribution in [2.75, 3.05) is 31.9 Å². The van der Waals surface area contributed by atoms with Crippen molar-refractivity contribution in [3.63, 3.8) is 0 Å². The van der Waals surface area contributed by atoms with Gasteiger partial charge in [-0.05, 0) is 270 Å². The van der Waals surface area contributed by atoms with E-state index < -0.39 is 189 Å². The Morgan fingerprint density at radius 2 is 0.571 bits per heavy atom. The molecule has 133 heavy (non-hydrogen) atoms. The van der Waals surface area contributed by atoms with Gasteiger partial charge in [-0.3, -0.25) is 53.5 Å². The lowest BCUT2D eigenvalue weighted by Crippen LogP contribution is -2.59. The first kappa shape index (κ1) is 108. The van der Waals surface area contributed by atoms with Crippen LogP contribution in [-0.2, 0) is 104 Å². The molecule has 736 valence electrons. The fourth-order valence-electron chi connectivity index (χ4n) is 16.9. The van der Waals surface area contributed by atoms with Crippen molar-refractivity contribution in [1.29, 1.82) is 0 Å². The molecule has 0 aliphatic carbocycles. The lowest BCUT2D eigenvalue weighted by Gasteiger charge is -2.27. The number of nitrogens with two attached hydrogens (primary N) is 4. The summed E-state index contributed by atoms with van der Waals surface area (Å²) in [4.78, 5) is 130. The maximum atomic E-state index is 15.4. The second-order valence-electron chi connectivity index (χ2n) is 36.9. The molecule has 8 rings (SSSR count). The zero-order valence-corrected chi connectivity index (χ0v) is 84.7. The third-order valence-electron chi connectivity index (χ3n) is 23.9. The van der Waals surface area contributed by atoms with Gasteiger partial charge in [-0.25, -0.2) is 57.4 Å². The van der Waals surface area contributed by atoms with E-state index in [0.717, 1.165) is 16.4 Å². The number of carbonyl (C=O) groups excluding carboxylic acids is 7. The lowest BCUT2D eigenvalue weighted by molar-refractivity contribution is -0.142. The van der Waals surface area contributed by atoms with Crippen molar-refractivity contribution < 1.29 is 96.1 Å². The SMILES string of the molecule is CC(=O)N[C@H](CSS)C(=O)N[C@H](C)C(=O)N[C@H](CCCN=C(N)NS(=O)(=O)c1c(C)c(C)c2c(c1C)CC(C)(C)O2)C(=O)N[C@H](CCCN=C(N)NS(=O)(=O)c1c(C)c(C)c2c(c1C)CC(C)(C)O2)C(=O)N[C@H](CCCN=C(N)NS(=O)(=O)c1c(C)c(C)c2c(c1C)CC(C)(C)O2)C(=O)N[C@H](C)C(=O)N[C@H](CCCN=C(N)NS(=O)(=O)c1c(C)c(C)c2c(c1C)CC(C)(C)O2)C(=O)O. The van der Waals surface area contributed by atoms with Crippen molar-refractivity contribution in [1.82, 2.24) is 56.1 Å². The molecule has 7 amide bonds. The molecule has 0 unspecified atom stereocenters. The number of carbonyl (C=O) groups is 8. The molecule has 0 saturated carbocycles. The summed E-state index contributed by atoms with van der Waals surface area (Å²) in [7, 11) is -16.8. The summed E-state index contributed by atoms with van der Waals surface area (Å²) in [6.45, 7) is 37.6. The summed E-state index contributed by atoms with van der Waals surface area (Å²) in [5.41, 5.74) is 31.2. The molecule has 40 nitrogen and oxygen atoms in total. The lowest BCUT2D eigenvalue weighted by atomic mass is 9.94. The van der Waals surface area contributed by atoms with Gasteiger partial charge in [0.2, 0.25) is 65.2 Å². The minimum Gasteiger partial charge on any atom is -0.487 e. The Bertz CT molecular complexity index is 5900. The van der Waals surface area contributed by atoms with Crippen LogP contribution in [-0.4, -0.2) is 207 Å². The predicted octanol–water partition coefficient (Wildman–Crippen LogP) is 3.95. The number of nitrogens with zero attached hydrogens (tertiary/aromatic N) is 4. The highest BCUT2D eigenvalue weighted by molar-refractivity contribution is 8.68. The zero-order valence-electron chi connectivity index (χ0n) is 79.8. The van der Waals surface area contributed by atoms with Gasteiger partial charge < -0.3 is 84.2 Å². The van der Waals surface area contributed by atoms with E-state index in [4.69, 9.17) is 41.9 Å². The van der Waals surface area contributed by atoms with Crippen molar-refractivity contribution in [2.24, 2.45) is 42.9 Å². The van der Waals surface area contributed by atoms with Crippen LogP contribution in [0.4, 0.5) is 0 Å². The number of benzene rings is 4. The van der Waals surface area contributed by atoms with Gasteiger partial charge in [-0.15, -0.1) is 11.7 Å². The van der Waals surface area contributed by atoms with Crippen molar-refractivity contribution in [3.05, 3.63) is 89.0 Å². The van der Waals surface area contributed by atoms with E-state index in [2.05, 4.69) is 87.7 Å². The van der Waals surface area contributed by atoms with E-state index in [1.807, 2.05) is 55.4 Å². The fourth-order valence-corrected chi connectivity index (χ4v) is 23.8. The molecule has 0 spiro atoms. The van der Waals surface area contributed by atoms with Gasteiger partial charge in [0.25, 0.3) is 40.1 Å². The van der Waals surface area contributed by atoms with Gasteiger partial charge in [0.15, 0.2) is 0 Å². The van der Waals surface area contributed by atoms with Crippen LogP contribution in [0.25, 0.3) is 0 Å². The van der Waals surface area contributed by atoms with Crippen molar-refractivity contribution >= 4 is 134 Å². The molecule has 4 aliphatic heterocycles. The standard InChI is InChI=1S/C87H131N19O21S6/c1-41-45(5)69(49(9)56-36-84(16,17)124-65(41)56)130(116,117)103-80(88)92-32-24-28-60(75(110)96-54(14)74(109)102-63(79(114)115)31-27-35-95-83(91)106-133(122,123)72-48(8)44(4)68-59(52(72)12)39-87(22,23)127-68)100-77(112)62(30-26-34-94-82(90)105-132(120,121)71-47(7)43(3)67-58(51(71)11)38-86(20,21)126-67)101-76(111)61(99-73(108)53(13)97-78(113)64(40-129-128)98-55(15)107)29-25-33-93-81(89)104-131(118,119)70-46(6)42(2)66-57(50(70)10)37-85(18,19)125-66/h53-54,60-64,128H,24-40H2,1-23H3,(H,96,110)(H,97,113)(H,98,107)(H,99,108)(H,100,112)(H,101,111)(H,102,109)(H,114,115)(H3,88,92,103)(H3,89,93,104)(H3,90,94,105)(H3,91,95,106)/t53-,54-,60-,61-,62-,63-,64-/m1/s1. The zero-order chi connectivity index (χ0) is 100.0. The highest BCUT2D eigenvalue weighted by atomic mass is 33.1. The number of aliphatic carboxylic acids is 1. The maximum absolute atomic E-state index is 15.4. The Kier molecular flexibility index (Phi) is 34.5. The summed E-state index contributed by atoms with van der Waals surface area (Å²) < 4.78 is 148. The van der Waals surface area contributed by atoms with Crippen LogP contribution >= 0.6 is 22.5 Å². The summed E-state index contributed by atoms with van der Waals surface area (Å²) in [5.74, 6) is -8.17. The first-order chi connectivity index (χ1) is 61.4. The van der Waals surface area contributed by atoms with Gasteiger partial charge in [0.1, 0.15) is 87.7 Å². The topological polar surface area (TPSA) is 616 Å². The van der Waals surface area contributed by atoms with Gasteiger partial charge in [-0.2, -0.15) is 0 Å². The molecule has 4 heterocycles. The molecule has 4 aromatic rings. The smallest absolute Gasteiger partial charge is 0.326 e. The number of sulfonamides is 4. The number of guanidine groups is 4. The van der Waals surface area contributed by atoms with E-state index in [1.54, 1.807) is 83.1 Å². The van der Waals surface area contributed by atoms with E-state index >= 15 is 9.59 Å². The first-order valence-electron chi connectivity index (χ1n) is 43.6. The van der Waals surface area contributed by atoms with Crippen LogP contribution in [0.1, 0.15) is 217 Å². The quantitative estimate of drug-likeness (QED) is 0.00985. The van der Waals surface area contributed by atoms with Crippen LogP contribution in [0.3, 0.4) is 0 Å². The number of ether oxygens (including phenoxy) is 4. The van der Waals surface area contributed by atoms with Crippen LogP contribution in [0.15, 0.2) is 39.6 Å². The van der Waals surface area contributed by atoms with Gasteiger partial charge in [0.05, 0.1) is 19.6 Å². The number of hydrogen-bond donors (Lipinski definition) is 17. The number of amides is 7. The molecule has 46 heteroatoms. The normalized spacial score (nSPS) is 17.1. The third-order valence-corrected chi connectivity index (χ3v) is 31.3. The van der Waals surface area contributed by atoms with E-state index in [-0.39, 0.29) is 90.0 Å². The van der Waals surface area contributed by atoms with E-state index in [1.165, 1.54) is 20.8 Å². The van der Waals surface area contributed by atoms with Crippen LogP contribution in [0, 0.1) is 83.1 Å². The Balaban J connectivity index is 1.10. The Hall–Kier alpha value is -10.6. The minimum absolute atomic E-state index is 0.00454. The summed E-state index contributed by atoms with van der Waals surface area (Å²) in [5, 5.41) is 28.2. The van der Waals surface area contributed by atoms with Crippen LogP contribution in [0.2, 0.25) is 0 Å². The van der Waals surface area contributed by atoms with Crippen molar-refractivity contribution in [3.8, 4) is 23.0 Å². The molecule has 7 atom stereocenters. The monoisotopic (exact) mass is 1970 g/mol. The van der Waals surface area contributed by atoms with Crippen molar-refractivity contribution in [2.45, 2.75) is 321 Å². The number of hydrogen-bond acceptors (Lipinski definition) is 26. The molecule has 4 aromatic carbocycles. The summed E-state index contributed by atoms with van der Waals surface area (Å²) >= 11 is 4.13. The van der Waals surface area contributed by atoms with Crippen LogP contribution < -0.4 is 98.0 Å². The van der Waals surface area contributed by atoms with E-state index in [0.29, 0.717) is 132 Å². The second kappa shape index (κ2) is 42.6. The molecule has 0 saturated heterocycles. The highest BCUT2D eigenvalue weighted by Gasteiger charge is 2.43. The molecule has 4 aliphatic rings. The number of nitrogens with one attached hydrogen (secondary N) is 11. The second-order valence-corrected chi connectivity index (χ2v) is 44.7. The molecule has 0 aromatic heterocycles. The average Bonchev–Trinajstić information content (AvgIpc) is 1.63. The van der Waals surface area contributed by atoms with E-state index in [9.17, 15) is 67.5 Å². The number of rotatable bonds is 40. The number of aliphatic imine (C=N–C) groups is 4. The molecular formula is C87H131N19O21S6. The number of fused-ring (bicyclic) bond motifs is 4. The summed E-state index contributed by atoms with van der Waals surface area (Å²) in [6.07, 6.45) is -0.499. The van der Waals surface area contributed by atoms with Gasteiger partial charge in [0, 0.05) is 86.8 Å². The molecular weight excluding hydrogens is 1840 g/mol. The molecule has 0 bridgehead atoms. The highest BCUT2D eigenvalue weighted by Crippen LogP contribution is 2.48. The Morgan fingerprint density at radius 1 is 0.353 bits per heavy atom. The molecule has 20 N–H and O–H groups in total. The fraction of sp³-hybridized carbons (Fsp3) is 0.586. The average molecular weight is 1970 g/mol. The largest absolute Gasteiger partial charge is 0.487 e. The Labute approximate surface area is 788 Å². The van der Waals surface area contributed by atoms with Gasteiger partial charge in [-0.1, -0.05) is 10.8 Å².